The summed E-state index contributed by atoms with van der Waals surface area (Å²) in [6, 6.07) is 11.1. The molecule has 3 rings (SSSR count). The quantitative estimate of drug-likeness (QED) is 0.772. The van der Waals surface area contributed by atoms with Crippen LogP contribution in [0, 0.1) is 0 Å². The van der Waals surface area contributed by atoms with Gasteiger partial charge in [0.1, 0.15) is 0 Å². The van der Waals surface area contributed by atoms with E-state index in [0.717, 1.165) is 25.4 Å². The molecule has 18 heavy (non-hydrogen) atoms. The molecule has 1 aromatic carbocycles. The number of nitrogens with one attached hydrogen (secondary N) is 1. The first kappa shape index (κ1) is 11.9. The van der Waals surface area contributed by atoms with E-state index in [0.29, 0.717) is 0 Å². The van der Waals surface area contributed by atoms with E-state index in [1.807, 2.05) is 0 Å². The summed E-state index contributed by atoms with van der Waals surface area (Å²) in [5, 5.41) is 7.95. The molecule has 0 unspecified atom stereocenters. The van der Waals surface area contributed by atoms with Crippen LogP contribution in [0.1, 0.15) is 35.4 Å². The zero-order valence-electron chi connectivity index (χ0n) is 10.6. The molecule has 1 aromatic heterocycles. The summed E-state index contributed by atoms with van der Waals surface area (Å²) in [6.45, 7) is 2.08. The van der Waals surface area contributed by atoms with Crippen molar-refractivity contribution in [2.24, 2.45) is 0 Å². The van der Waals surface area contributed by atoms with Crippen molar-refractivity contribution in [1.29, 1.82) is 0 Å². The number of hydrogen-bond acceptors (Lipinski definition) is 2. The summed E-state index contributed by atoms with van der Waals surface area (Å²) in [5.74, 6) is 0.847. The molecule has 0 atom stereocenters. The lowest BCUT2D eigenvalue weighted by Crippen LogP contribution is -2.17. The van der Waals surface area contributed by atoms with Crippen LogP contribution in [-0.4, -0.2) is 6.54 Å². The van der Waals surface area contributed by atoms with Gasteiger partial charge in [0.05, 0.1) is 0 Å². The molecule has 0 radical (unpaired) electrons. The van der Waals surface area contributed by atoms with Gasteiger partial charge in [-0.2, -0.15) is 11.3 Å². The smallest absolute Gasteiger partial charge is 0.0208 e. The van der Waals surface area contributed by atoms with Gasteiger partial charge in [-0.15, -0.1) is 0 Å². The Morgan fingerprint density at radius 3 is 2.83 bits per heavy atom. The maximum atomic E-state index is 3.57. The standard InChI is InChI=1S/C16H19NS/c1-2-4-16(14-5-6-14)15(3-1)11-17-9-7-13-8-10-18-12-13/h1-4,8,10,12,14,17H,5-7,9,11H2. The minimum absolute atomic E-state index is 0.847. The van der Waals surface area contributed by atoms with Gasteiger partial charge in [0.25, 0.3) is 0 Å². The van der Waals surface area contributed by atoms with Gasteiger partial charge in [-0.25, -0.2) is 0 Å². The van der Waals surface area contributed by atoms with Crippen LogP contribution < -0.4 is 5.32 Å². The maximum Gasteiger partial charge on any atom is 0.0208 e. The van der Waals surface area contributed by atoms with Crippen LogP contribution in [0.4, 0.5) is 0 Å². The molecule has 1 heterocycles. The Balaban J connectivity index is 1.50. The Kier molecular flexibility index (Phi) is 3.77. The topological polar surface area (TPSA) is 12.0 Å². The molecule has 0 spiro atoms. The van der Waals surface area contributed by atoms with E-state index in [2.05, 4.69) is 46.4 Å². The van der Waals surface area contributed by atoms with Crippen LogP contribution in [0.15, 0.2) is 41.1 Å². The number of benzene rings is 1. The largest absolute Gasteiger partial charge is 0.312 e. The van der Waals surface area contributed by atoms with E-state index in [4.69, 9.17) is 0 Å². The number of hydrogen-bond donors (Lipinski definition) is 1. The Bertz CT molecular complexity index is 486. The lowest BCUT2D eigenvalue weighted by molar-refractivity contribution is 0.683. The van der Waals surface area contributed by atoms with Crippen molar-refractivity contribution < 1.29 is 0 Å². The monoisotopic (exact) mass is 257 g/mol. The van der Waals surface area contributed by atoms with Crippen LogP contribution in [0.2, 0.25) is 0 Å². The first-order chi connectivity index (χ1) is 8.93. The lowest BCUT2D eigenvalue weighted by Gasteiger charge is -2.09. The van der Waals surface area contributed by atoms with Crippen LogP contribution in [0.25, 0.3) is 0 Å². The van der Waals surface area contributed by atoms with Crippen LogP contribution in [-0.2, 0) is 13.0 Å². The van der Waals surface area contributed by atoms with Gasteiger partial charge in [-0.05, 0) is 65.2 Å². The van der Waals surface area contributed by atoms with Gasteiger partial charge >= 0.3 is 0 Å². The van der Waals surface area contributed by atoms with E-state index < -0.39 is 0 Å². The molecule has 2 heteroatoms. The predicted octanol–water partition coefficient (Wildman–Crippen LogP) is 3.96. The first-order valence-corrected chi connectivity index (χ1v) is 7.67. The molecule has 1 aliphatic rings. The molecule has 1 nitrogen and oxygen atoms in total. The number of thiophene rings is 1. The molecule has 2 aromatic rings. The fourth-order valence-electron chi connectivity index (χ4n) is 2.38. The summed E-state index contributed by atoms with van der Waals surface area (Å²) < 4.78 is 0. The average Bonchev–Trinajstić information content (AvgIpc) is 3.12. The third-order valence-electron chi connectivity index (χ3n) is 3.56. The molecule has 94 valence electrons. The van der Waals surface area contributed by atoms with E-state index in [9.17, 15) is 0 Å². The molecule has 0 aliphatic heterocycles. The molecule has 1 saturated carbocycles. The van der Waals surface area contributed by atoms with Crippen molar-refractivity contribution in [3.8, 4) is 0 Å². The van der Waals surface area contributed by atoms with Crippen molar-refractivity contribution in [3.63, 3.8) is 0 Å². The van der Waals surface area contributed by atoms with Crippen LogP contribution >= 0.6 is 11.3 Å². The number of rotatable bonds is 6. The molecule has 0 saturated heterocycles. The van der Waals surface area contributed by atoms with Gasteiger partial charge in [0.2, 0.25) is 0 Å². The molecule has 1 N–H and O–H groups in total. The van der Waals surface area contributed by atoms with Crippen molar-refractivity contribution >= 4 is 11.3 Å². The minimum Gasteiger partial charge on any atom is -0.312 e. The van der Waals surface area contributed by atoms with E-state index in [1.54, 1.807) is 16.9 Å². The third-order valence-corrected chi connectivity index (χ3v) is 4.29. The molecule has 0 bridgehead atoms. The van der Waals surface area contributed by atoms with Gasteiger partial charge in [0.15, 0.2) is 0 Å². The molecule has 1 aliphatic carbocycles. The van der Waals surface area contributed by atoms with Gasteiger partial charge in [-0.1, -0.05) is 24.3 Å². The van der Waals surface area contributed by atoms with Crippen LogP contribution in [0.3, 0.4) is 0 Å². The molecule has 1 fully saturated rings. The third kappa shape index (κ3) is 3.01. The highest BCUT2D eigenvalue weighted by atomic mass is 32.1. The second-order valence-electron chi connectivity index (χ2n) is 5.03. The SMILES string of the molecule is c1ccc(C2CC2)c(CNCCc2ccsc2)c1. The Hall–Kier alpha value is -1.12. The highest BCUT2D eigenvalue weighted by Crippen LogP contribution is 2.41. The Morgan fingerprint density at radius 2 is 2.06 bits per heavy atom. The van der Waals surface area contributed by atoms with Gasteiger partial charge < -0.3 is 5.32 Å². The second-order valence-corrected chi connectivity index (χ2v) is 5.81. The summed E-state index contributed by atoms with van der Waals surface area (Å²) in [5.41, 5.74) is 4.51. The minimum atomic E-state index is 0.847. The zero-order valence-corrected chi connectivity index (χ0v) is 11.4. The Morgan fingerprint density at radius 1 is 1.17 bits per heavy atom. The summed E-state index contributed by atoms with van der Waals surface area (Å²) >= 11 is 1.78. The summed E-state index contributed by atoms with van der Waals surface area (Å²) in [7, 11) is 0. The van der Waals surface area contributed by atoms with Crippen molar-refractivity contribution in [2.75, 3.05) is 6.54 Å². The van der Waals surface area contributed by atoms with Crippen molar-refractivity contribution in [2.45, 2.75) is 31.7 Å². The van der Waals surface area contributed by atoms with Crippen molar-refractivity contribution in [1.82, 2.24) is 5.32 Å². The van der Waals surface area contributed by atoms with Crippen molar-refractivity contribution in [3.05, 3.63) is 57.8 Å². The highest BCUT2D eigenvalue weighted by molar-refractivity contribution is 7.07. The summed E-state index contributed by atoms with van der Waals surface area (Å²) in [4.78, 5) is 0. The fraction of sp³-hybridized carbons (Fsp3) is 0.375. The predicted molar refractivity (Wildman–Crippen MR) is 78.1 cm³/mol. The van der Waals surface area contributed by atoms with Crippen LogP contribution in [0.5, 0.6) is 0 Å². The lowest BCUT2D eigenvalue weighted by atomic mass is 10.0. The molecule has 0 amide bonds. The molecular formula is C16H19NS. The zero-order chi connectivity index (χ0) is 12.2. The van der Waals surface area contributed by atoms with E-state index in [1.165, 1.54) is 24.0 Å². The van der Waals surface area contributed by atoms with Gasteiger partial charge in [-0.3, -0.25) is 0 Å². The van der Waals surface area contributed by atoms with E-state index >= 15 is 0 Å². The van der Waals surface area contributed by atoms with Gasteiger partial charge in [0, 0.05) is 6.54 Å². The highest BCUT2D eigenvalue weighted by Gasteiger charge is 2.25. The second kappa shape index (κ2) is 5.68. The molecular weight excluding hydrogens is 238 g/mol. The normalized spacial score (nSPS) is 14.9. The first-order valence-electron chi connectivity index (χ1n) is 6.73. The summed E-state index contributed by atoms with van der Waals surface area (Å²) in [6.07, 6.45) is 3.90. The maximum absolute atomic E-state index is 3.57. The Labute approximate surface area is 113 Å². The fourth-order valence-corrected chi connectivity index (χ4v) is 3.08. The van der Waals surface area contributed by atoms with E-state index in [-0.39, 0.29) is 0 Å². The average molecular weight is 257 g/mol.